The Morgan fingerprint density at radius 2 is 2.42 bits per heavy atom. The number of halogens is 1. The Labute approximate surface area is 78.9 Å². The summed E-state index contributed by atoms with van der Waals surface area (Å²) in [5, 5.41) is 0.679. The quantitative estimate of drug-likeness (QED) is 0.707. The fourth-order valence-electron chi connectivity index (χ4n) is 0.443. The molecule has 68 valence electrons. The van der Waals surface area contributed by atoms with Gasteiger partial charge in [-0.05, 0) is 0 Å². The van der Waals surface area contributed by atoms with Crippen molar-refractivity contribution in [3.63, 3.8) is 0 Å². The van der Waals surface area contributed by atoms with E-state index < -0.39 is 6.16 Å². The second kappa shape index (κ2) is 4.78. The molecule has 0 saturated heterocycles. The predicted molar refractivity (Wildman–Crippen MR) is 46.8 cm³/mol. The van der Waals surface area contributed by atoms with Crippen LogP contribution in [0.4, 0.5) is 9.93 Å². The number of carbonyl (C=O) groups is 1. The van der Waals surface area contributed by atoms with Crippen LogP contribution in [-0.4, -0.2) is 18.2 Å². The number of nitrogens with zero attached hydrogens (tertiary/aromatic N) is 1. The van der Waals surface area contributed by atoms with Gasteiger partial charge >= 0.3 is 6.16 Å². The van der Waals surface area contributed by atoms with Crippen molar-refractivity contribution in [1.82, 2.24) is 4.98 Å². The smallest absolute Gasteiger partial charge is 0.437 e. The monoisotopic (exact) mass is 210 g/mol. The maximum Gasteiger partial charge on any atom is 0.514 e. The number of hydrogen-bond donors (Lipinski definition) is 1. The van der Waals surface area contributed by atoms with Gasteiger partial charge in [0, 0.05) is 0 Å². The molecule has 0 radical (unpaired) electrons. The summed E-state index contributed by atoms with van der Waals surface area (Å²) in [6, 6.07) is 0. The van der Waals surface area contributed by atoms with Gasteiger partial charge in [0.1, 0.15) is 0 Å². The Bertz CT molecular complexity index is 265. The maximum absolute atomic E-state index is 10.5. The number of rotatable bonds is 1. The third kappa shape index (κ3) is 2.93. The minimum Gasteiger partial charge on any atom is -0.437 e. The van der Waals surface area contributed by atoms with E-state index in [-0.39, 0.29) is 12.4 Å². The van der Waals surface area contributed by atoms with Gasteiger partial charge in [-0.1, -0.05) is 11.3 Å². The molecule has 5 nitrogen and oxygen atoms in total. The van der Waals surface area contributed by atoms with E-state index in [2.05, 4.69) is 14.5 Å². The van der Waals surface area contributed by atoms with Crippen molar-refractivity contribution in [2.75, 3.05) is 12.8 Å². The fourth-order valence-corrected chi connectivity index (χ4v) is 0.970. The lowest BCUT2D eigenvalue weighted by Crippen LogP contribution is -2.05. The number of nitrogens with two attached hydrogens (primary N) is 1. The number of thiazole rings is 1. The maximum atomic E-state index is 10.5. The molecule has 1 heterocycles. The molecule has 0 atom stereocenters. The number of nitrogen functional groups attached to an aromatic ring is 1. The first-order valence-electron chi connectivity index (χ1n) is 2.69. The predicted octanol–water partition coefficient (Wildman–Crippen LogP) is 1.29. The lowest BCUT2D eigenvalue weighted by molar-refractivity contribution is 0.123. The van der Waals surface area contributed by atoms with Crippen LogP contribution in [0.15, 0.2) is 6.20 Å². The normalized spacial score (nSPS) is 8.42. The van der Waals surface area contributed by atoms with Gasteiger partial charge in [0.05, 0.1) is 13.3 Å². The molecule has 2 N–H and O–H groups in total. The summed E-state index contributed by atoms with van der Waals surface area (Å²) in [4.78, 5) is 14.2. The molecule has 0 aliphatic carbocycles. The van der Waals surface area contributed by atoms with E-state index in [0.29, 0.717) is 10.2 Å². The van der Waals surface area contributed by atoms with Gasteiger partial charge in [-0.3, -0.25) is 0 Å². The molecule has 0 amide bonds. The largest absolute Gasteiger partial charge is 0.514 e. The standard InChI is InChI=1S/C5H6N2O3S.ClH/c1-9-5(8)10-3-2-7-4(6)11-3;/h2H,1H3,(H2,6,7);1H. The number of carbonyl (C=O) groups excluding carboxylic acids is 1. The van der Waals surface area contributed by atoms with E-state index in [4.69, 9.17) is 5.73 Å². The highest BCUT2D eigenvalue weighted by atomic mass is 35.5. The highest BCUT2D eigenvalue weighted by Gasteiger charge is 2.05. The average molecular weight is 211 g/mol. The van der Waals surface area contributed by atoms with Crippen LogP contribution in [0.1, 0.15) is 0 Å². The third-order valence-electron chi connectivity index (χ3n) is 0.853. The summed E-state index contributed by atoms with van der Waals surface area (Å²) < 4.78 is 8.84. The molecule has 0 unspecified atom stereocenters. The summed E-state index contributed by atoms with van der Waals surface area (Å²) >= 11 is 1.08. The number of ether oxygens (including phenoxy) is 2. The molecule has 0 aliphatic rings. The second-order valence-electron chi connectivity index (χ2n) is 1.57. The van der Waals surface area contributed by atoms with E-state index in [1.807, 2.05) is 0 Å². The zero-order chi connectivity index (χ0) is 8.27. The van der Waals surface area contributed by atoms with Gasteiger partial charge in [0.15, 0.2) is 5.13 Å². The van der Waals surface area contributed by atoms with Gasteiger partial charge in [-0.2, -0.15) is 0 Å². The first-order valence-corrected chi connectivity index (χ1v) is 3.51. The van der Waals surface area contributed by atoms with Gasteiger partial charge in [0.25, 0.3) is 0 Å². The molecular formula is C5H7ClN2O3S. The third-order valence-corrected chi connectivity index (χ3v) is 1.56. The first kappa shape index (κ1) is 11.0. The Kier molecular flexibility index (Phi) is 4.38. The van der Waals surface area contributed by atoms with Crippen molar-refractivity contribution >= 4 is 35.0 Å². The molecule has 7 heteroatoms. The molecule has 12 heavy (non-hydrogen) atoms. The Balaban J connectivity index is 0.00000121. The van der Waals surface area contributed by atoms with E-state index in [9.17, 15) is 4.79 Å². The van der Waals surface area contributed by atoms with Crippen molar-refractivity contribution in [3.8, 4) is 5.06 Å². The lowest BCUT2D eigenvalue weighted by atomic mass is 10.9. The number of aromatic nitrogens is 1. The summed E-state index contributed by atoms with van der Waals surface area (Å²) in [6.07, 6.45) is 0.588. The summed E-state index contributed by atoms with van der Waals surface area (Å²) in [5.74, 6) is 0. The molecule has 0 aliphatic heterocycles. The fraction of sp³-hybridized carbons (Fsp3) is 0.200. The number of anilines is 1. The van der Waals surface area contributed by atoms with Crippen molar-refractivity contribution in [2.45, 2.75) is 0 Å². The topological polar surface area (TPSA) is 74.4 Å². The van der Waals surface area contributed by atoms with Crippen molar-refractivity contribution in [1.29, 1.82) is 0 Å². The molecule has 0 aromatic carbocycles. The van der Waals surface area contributed by atoms with Gasteiger partial charge in [0.2, 0.25) is 5.06 Å². The second-order valence-corrected chi connectivity index (χ2v) is 2.60. The van der Waals surface area contributed by atoms with Crippen LogP contribution in [0.3, 0.4) is 0 Å². The molecule has 1 aromatic rings. The first-order chi connectivity index (χ1) is 5.22. The van der Waals surface area contributed by atoms with Crippen LogP contribution in [0.2, 0.25) is 0 Å². The summed E-state index contributed by atoms with van der Waals surface area (Å²) in [5.41, 5.74) is 5.27. The SMILES string of the molecule is COC(=O)Oc1cnc(N)s1.Cl. The molecule has 0 spiro atoms. The lowest BCUT2D eigenvalue weighted by Gasteiger charge is -1.95. The van der Waals surface area contributed by atoms with E-state index in [1.165, 1.54) is 13.3 Å². The van der Waals surface area contributed by atoms with Gasteiger partial charge in [-0.15, -0.1) is 12.4 Å². The molecule has 1 rings (SSSR count). The number of methoxy groups -OCH3 is 1. The van der Waals surface area contributed by atoms with Gasteiger partial charge in [-0.25, -0.2) is 9.78 Å². The van der Waals surface area contributed by atoms with Crippen LogP contribution in [0, 0.1) is 0 Å². The summed E-state index contributed by atoms with van der Waals surface area (Å²) in [6.45, 7) is 0. The van der Waals surface area contributed by atoms with Crippen LogP contribution in [-0.2, 0) is 4.74 Å². The summed E-state index contributed by atoms with van der Waals surface area (Å²) in [7, 11) is 1.23. The van der Waals surface area contributed by atoms with E-state index >= 15 is 0 Å². The van der Waals surface area contributed by atoms with Crippen LogP contribution < -0.4 is 10.5 Å². The van der Waals surface area contributed by atoms with Crippen LogP contribution in [0.25, 0.3) is 0 Å². The van der Waals surface area contributed by atoms with Gasteiger partial charge < -0.3 is 15.2 Å². The Morgan fingerprint density at radius 1 is 1.75 bits per heavy atom. The van der Waals surface area contributed by atoms with Crippen LogP contribution in [0.5, 0.6) is 5.06 Å². The molecule has 0 fully saturated rings. The molecular weight excluding hydrogens is 204 g/mol. The molecule has 0 bridgehead atoms. The highest BCUT2D eigenvalue weighted by molar-refractivity contribution is 7.17. The molecule has 1 aromatic heterocycles. The van der Waals surface area contributed by atoms with Crippen molar-refractivity contribution in [3.05, 3.63) is 6.20 Å². The minimum atomic E-state index is -0.770. The zero-order valence-corrected chi connectivity index (χ0v) is 7.78. The number of hydrogen-bond acceptors (Lipinski definition) is 6. The highest BCUT2D eigenvalue weighted by Crippen LogP contribution is 2.22. The Hall–Kier alpha value is -1.01. The van der Waals surface area contributed by atoms with E-state index in [0.717, 1.165) is 11.3 Å². The van der Waals surface area contributed by atoms with Crippen LogP contribution >= 0.6 is 23.7 Å². The van der Waals surface area contributed by atoms with E-state index in [1.54, 1.807) is 0 Å². The average Bonchev–Trinajstić information content (AvgIpc) is 2.35. The van der Waals surface area contributed by atoms with Crippen molar-refractivity contribution in [2.24, 2.45) is 0 Å². The minimum absolute atomic E-state index is 0. The molecule has 0 saturated carbocycles. The Morgan fingerprint density at radius 3 is 2.83 bits per heavy atom. The van der Waals surface area contributed by atoms with Crippen molar-refractivity contribution < 1.29 is 14.3 Å². The zero-order valence-electron chi connectivity index (χ0n) is 6.14.